The van der Waals surface area contributed by atoms with Crippen LogP contribution < -0.4 is 16.8 Å². The number of aromatic nitrogens is 2. The molecule has 0 radical (unpaired) electrons. The third-order valence-electron chi connectivity index (χ3n) is 2.20. The van der Waals surface area contributed by atoms with E-state index in [-0.39, 0.29) is 17.7 Å². The standard InChI is InChI=1S/C10H10N4O3/c11-13-10(16)7-3-5-17-8(7)6-14-9(15)2-1-4-12-14/h1-5H,6,11H2,(H,13,16). The summed E-state index contributed by atoms with van der Waals surface area (Å²) in [5.41, 5.74) is 2.01. The van der Waals surface area contributed by atoms with Gasteiger partial charge in [-0.3, -0.25) is 15.0 Å². The molecule has 0 aliphatic rings. The number of furan rings is 1. The van der Waals surface area contributed by atoms with Crippen LogP contribution in [0.15, 0.2) is 39.9 Å². The van der Waals surface area contributed by atoms with E-state index < -0.39 is 5.91 Å². The van der Waals surface area contributed by atoms with E-state index >= 15 is 0 Å². The number of hydrazine groups is 1. The highest BCUT2D eigenvalue weighted by Crippen LogP contribution is 2.10. The van der Waals surface area contributed by atoms with Crippen LogP contribution in [-0.2, 0) is 6.54 Å². The van der Waals surface area contributed by atoms with Crippen LogP contribution in [0.2, 0.25) is 0 Å². The van der Waals surface area contributed by atoms with Crippen molar-refractivity contribution in [3.8, 4) is 0 Å². The Labute approximate surface area is 95.8 Å². The van der Waals surface area contributed by atoms with Crippen LogP contribution in [0.4, 0.5) is 0 Å². The first-order valence-corrected chi connectivity index (χ1v) is 4.82. The van der Waals surface area contributed by atoms with Crippen molar-refractivity contribution in [1.29, 1.82) is 0 Å². The highest BCUT2D eigenvalue weighted by atomic mass is 16.3. The number of amides is 1. The van der Waals surface area contributed by atoms with Crippen molar-refractivity contribution >= 4 is 5.91 Å². The zero-order valence-corrected chi connectivity index (χ0v) is 8.79. The molecule has 0 aliphatic heterocycles. The fraction of sp³-hybridized carbons (Fsp3) is 0.100. The predicted octanol–water partition coefficient (Wildman–Crippen LogP) is -0.512. The zero-order valence-electron chi connectivity index (χ0n) is 8.79. The van der Waals surface area contributed by atoms with Gasteiger partial charge in [0.15, 0.2) is 0 Å². The fourth-order valence-electron chi connectivity index (χ4n) is 1.39. The molecule has 1 amide bonds. The lowest BCUT2D eigenvalue weighted by Gasteiger charge is -2.03. The second kappa shape index (κ2) is 4.62. The van der Waals surface area contributed by atoms with Gasteiger partial charge in [0.25, 0.3) is 11.5 Å². The summed E-state index contributed by atoms with van der Waals surface area (Å²) in [6.45, 7) is 0.0788. The highest BCUT2D eigenvalue weighted by molar-refractivity contribution is 5.94. The van der Waals surface area contributed by atoms with E-state index in [9.17, 15) is 9.59 Å². The largest absolute Gasteiger partial charge is 0.467 e. The molecule has 7 heteroatoms. The van der Waals surface area contributed by atoms with Gasteiger partial charge in [-0.25, -0.2) is 10.5 Å². The number of nitrogens with one attached hydrogen (secondary N) is 1. The molecule has 0 fully saturated rings. The van der Waals surface area contributed by atoms with Gasteiger partial charge in [-0.2, -0.15) is 5.10 Å². The Morgan fingerprint density at radius 1 is 1.53 bits per heavy atom. The summed E-state index contributed by atoms with van der Waals surface area (Å²) in [4.78, 5) is 22.8. The van der Waals surface area contributed by atoms with E-state index in [0.29, 0.717) is 5.76 Å². The molecule has 0 saturated heterocycles. The molecule has 3 N–H and O–H groups in total. The lowest BCUT2D eigenvalue weighted by atomic mass is 10.2. The van der Waals surface area contributed by atoms with Gasteiger partial charge in [0.2, 0.25) is 0 Å². The van der Waals surface area contributed by atoms with Gasteiger partial charge < -0.3 is 4.42 Å². The molecule has 2 rings (SSSR count). The molecular weight excluding hydrogens is 224 g/mol. The Morgan fingerprint density at radius 2 is 2.35 bits per heavy atom. The van der Waals surface area contributed by atoms with Crippen molar-refractivity contribution in [3.05, 3.63) is 52.3 Å². The summed E-state index contributed by atoms with van der Waals surface area (Å²) in [6.07, 6.45) is 2.83. The molecule has 88 valence electrons. The third-order valence-corrected chi connectivity index (χ3v) is 2.20. The molecule has 0 saturated carbocycles. The molecule has 2 heterocycles. The molecule has 0 aromatic carbocycles. The van der Waals surface area contributed by atoms with Crippen LogP contribution in [0, 0.1) is 0 Å². The first kappa shape index (κ1) is 11.1. The maximum atomic E-state index is 11.4. The van der Waals surface area contributed by atoms with Crippen molar-refractivity contribution in [1.82, 2.24) is 15.2 Å². The molecule has 2 aromatic rings. The summed E-state index contributed by atoms with van der Waals surface area (Å²) in [6, 6.07) is 4.39. The number of carbonyl (C=O) groups is 1. The van der Waals surface area contributed by atoms with Gasteiger partial charge in [0.05, 0.1) is 11.8 Å². The molecule has 2 aromatic heterocycles. The van der Waals surface area contributed by atoms with Crippen molar-refractivity contribution in [2.75, 3.05) is 0 Å². The average Bonchev–Trinajstić information content (AvgIpc) is 2.79. The fourth-order valence-corrected chi connectivity index (χ4v) is 1.39. The second-order valence-electron chi connectivity index (χ2n) is 3.25. The van der Waals surface area contributed by atoms with Gasteiger partial charge in [0, 0.05) is 12.3 Å². The highest BCUT2D eigenvalue weighted by Gasteiger charge is 2.14. The van der Waals surface area contributed by atoms with Crippen LogP contribution in [0.1, 0.15) is 16.1 Å². The van der Waals surface area contributed by atoms with Crippen LogP contribution >= 0.6 is 0 Å². The summed E-state index contributed by atoms with van der Waals surface area (Å²) in [7, 11) is 0. The van der Waals surface area contributed by atoms with E-state index in [2.05, 4.69) is 5.10 Å². The van der Waals surface area contributed by atoms with Gasteiger partial charge in [-0.15, -0.1) is 0 Å². The van der Waals surface area contributed by atoms with E-state index in [0.717, 1.165) is 0 Å². The molecular formula is C10H10N4O3. The molecule has 0 atom stereocenters. The number of carbonyl (C=O) groups excluding carboxylic acids is 1. The van der Waals surface area contributed by atoms with Crippen LogP contribution in [0.5, 0.6) is 0 Å². The Balaban J connectivity index is 2.31. The lowest BCUT2D eigenvalue weighted by Crippen LogP contribution is -2.31. The molecule has 7 nitrogen and oxygen atoms in total. The Bertz CT molecular complexity index is 587. The quantitative estimate of drug-likeness (QED) is 0.423. The van der Waals surface area contributed by atoms with Crippen molar-refractivity contribution in [2.45, 2.75) is 6.54 Å². The number of hydrogen-bond acceptors (Lipinski definition) is 5. The van der Waals surface area contributed by atoms with E-state index in [1.165, 1.54) is 35.3 Å². The Morgan fingerprint density at radius 3 is 3.06 bits per heavy atom. The molecule has 0 unspecified atom stereocenters. The zero-order chi connectivity index (χ0) is 12.3. The topological polar surface area (TPSA) is 103 Å². The first-order chi connectivity index (χ1) is 8.22. The summed E-state index contributed by atoms with van der Waals surface area (Å²) in [5.74, 6) is 4.88. The van der Waals surface area contributed by atoms with Crippen LogP contribution in [-0.4, -0.2) is 15.7 Å². The SMILES string of the molecule is NNC(=O)c1ccoc1Cn1ncccc1=O. The van der Waals surface area contributed by atoms with Gasteiger partial charge in [0.1, 0.15) is 12.3 Å². The van der Waals surface area contributed by atoms with E-state index in [1.54, 1.807) is 0 Å². The molecule has 0 bridgehead atoms. The van der Waals surface area contributed by atoms with E-state index in [1.807, 2.05) is 5.43 Å². The van der Waals surface area contributed by atoms with Crippen molar-refractivity contribution < 1.29 is 9.21 Å². The van der Waals surface area contributed by atoms with Gasteiger partial charge >= 0.3 is 0 Å². The minimum atomic E-state index is -0.474. The van der Waals surface area contributed by atoms with Gasteiger partial charge in [-0.05, 0) is 12.1 Å². The van der Waals surface area contributed by atoms with Crippen molar-refractivity contribution in [3.63, 3.8) is 0 Å². The molecule has 17 heavy (non-hydrogen) atoms. The number of nitrogens with two attached hydrogens (primary N) is 1. The summed E-state index contributed by atoms with van der Waals surface area (Å²) >= 11 is 0. The van der Waals surface area contributed by atoms with Crippen LogP contribution in [0.25, 0.3) is 0 Å². The maximum Gasteiger partial charge on any atom is 0.268 e. The van der Waals surface area contributed by atoms with Gasteiger partial charge in [-0.1, -0.05) is 0 Å². The Hall–Kier alpha value is -2.41. The minimum absolute atomic E-state index is 0.0788. The summed E-state index contributed by atoms with van der Waals surface area (Å²) in [5, 5.41) is 3.86. The van der Waals surface area contributed by atoms with E-state index in [4.69, 9.17) is 10.3 Å². The van der Waals surface area contributed by atoms with Crippen LogP contribution in [0.3, 0.4) is 0 Å². The number of nitrogens with zero attached hydrogens (tertiary/aromatic N) is 2. The number of hydrogen-bond donors (Lipinski definition) is 2. The second-order valence-corrected chi connectivity index (χ2v) is 3.25. The average molecular weight is 234 g/mol. The number of rotatable bonds is 3. The molecule has 0 aliphatic carbocycles. The Kier molecular flexibility index (Phi) is 3.01. The lowest BCUT2D eigenvalue weighted by molar-refractivity contribution is 0.0951. The monoisotopic (exact) mass is 234 g/mol. The predicted molar refractivity (Wildman–Crippen MR) is 58.0 cm³/mol. The first-order valence-electron chi connectivity index (χ1n) is 4.82. The molecule has 0 spiro atoms. The van der Waals surface area contributed by atoms with Crippen molar-refractivity contribution in [2.24, 2.45) is 5.84 Å². The number of nitrogen functional groups attached to an aromatic ring is 1. The summed E-state index contributed by atoms with van der Waals surface area (Å²) < 4.78 is 6.32. The normalized spacial score (nSPS) is 10.2. The maximum absolute atomic E-state index is 11.4. The minimum Gasteiger partial charge on any atom is -0.467 e. The smallest absolute Gasteiger partial charge is 0.268 e. The third kappa shape index (κ3) is 2.23.